The summed E-state index contributed by atoms with van der Waals surface area (Å²) < 4.78 is 30.1. The highest BCUT2D eigenvalue weighted by Crippen LogP contribution is 2.45. The quantitative estimate of drug-likeness (QED) is 0.166. The number of hydrogen-bond acceptors (Lipinski definition) is 4. The molecule has 0 aliphatic heterocycles. The third-order valence-corrected chi connectivity index (χ3v) is 18.1. The molecule has 0 saturated carbocycles. The van der Waals surface area contributed by atoms with Gasteiger partial charge in [0.2, 0.25) is 0 Å². The van der Waals surface area contributed by atoms with E-state index < -0.39 is 0 Å². The molecule has 0 bridgehead atoms. The smallest absolute Gasteiger partial charge is 0.135 e. The highest BCUT2D eigenvalue weighted by atomic mass is 16.3. The van der Waals surface area contributed by atoms with Crippen LogP contribution in [0.5, 0.6) is 0 Å². The van der Waals surface area contributed by atoms with Crippen LogP contribution in [0.3, 0.4) is 0 Å². The zero-order valence-corrected chi connectivity index (χ0v) is 45.1. The van der Waals surface area contributed by atoms with Gasteiger partial charge >= 0.3 is 0 Å². The molecule has 19 rings (SSSR count). The van der Waals surface area contributed by atoms with E-state index in [1.165, 1.54) is 44.1 Å². The number of benzene rings is 12. The van der Waals surface area contributed by atoms with E-state index in [0.717, 1.165) is 144 Å². The van der Waals surface area contributed by atoms with Crippen LogP contribution < -0.4 is 0 Å². The van der Waals surface area contributed by atoms with Gasteiger partial charge in [0, 0.05) is 82.2 Å². The number of allylic oxidation sites excluding steroid dienone is 1. The van der Waals surface area contributed by atoms with Crippen LogP contribution in [0, 0.1) is 0 Å². The molecule has 12 aromatic carbocycles. The van der Waals surface area contributed by atoms with Crippen LogP contribution in [0.4, 0.5) is 0 Å². The molecule has 0 fully saturated rings. The molecule has 0 radical (unpaired) electrons. The summed E-state index contributed by atoms with van der Waals surface area (Å²) in [6.07, 6.45) is 5.62. The lowest BCUT2D eigenvalue weighted by Crippen LogP contribution is -2.07. The summed E-state index contributed by atoms with van der Waals surface area (Å²) in [5.74, 6) is 0.160. The van der Waals surface area contributed by atoms with Gasteiger partial charge in [-0.25, -0.2) is 0 Å². The van der Waals surface area contributed by atoms with Crippen LogP contribution >= 0.6 is 0 Å². The van der Waals surface area contributed by atoms with Crippen LogP contribution in [0.25, 0.3) is 171 Å². The molecule has 0 saturated heterocycles. The molecule has 392 valence electrons. The Morgan fingerprint density at radius 1 is 0.274 bits per heavy atom. The minimum atomic E-state index is 0.160. The van der Waals surface area contributed by atoms with E-state index in [1.807, 2.05) is 42.5 Å². The fourth-order valence-corrected chi connectivity index (χ4v) is 14.1. The van der Waals surface area contributed by atoms with E-state index in [9.17, 15) is 0 Å². The monoisotopic (exact) mass is 1070 g/mol. The largest absolute Gasteiger partial charge is 0.456 e. The van der Waals surface area contributed by atoms with Gasteiger partial charge in [0.05, 0.1) is 16.6 Å². The van der Waals surface area contributed by atoms with Crippen molar-refractivity contribution >= 4 is 127 Å². The molecule has 0 N–H and O–H groups in total. The number of furan rings is 4. The highest BCUT2D eigenvalue weighted by molar-refractivity contribution is 6.14. The zero-order valence-electron chi connectivity index (χ0n) is 45.1. The fraction of sp³-hybridized carbons (Fsp3) is 0.0256. The Morgan fingerprint density at radius 3 is 1.10 bits per heavy atom. The summed E-state index contributed by atoms with van der Waals surface area (Å²) in [6.45, 7) is 0. The highest BCUT2D eigenvalue weighted by Gasteiger charge is 2.26. The van der Waals surface area contributed by atoms with Gasteiger partial charge in [-0.05, 0) is 184 Å². The summed E-state index contributed by atoms with van der Waals surface area (Å²) in [6, 6.07) is 89.9. The second-order valence-electron chi connectivity index (χ2n) is 22.7. The Labute approximate surface area is 479 Å². The molecule has 6 aromatic heterocycles. The van der Waals surface area contributed by atoms with Crippen LogP contribution in [-0.2, 0) is 6.42 Å². The maximum atomic E-state index is 6.30. The first-order valence-corrected chi connectivity index (χ1v) is 28.8. The molecule has 6 heteroatoms. The van der Waals surface area contributed by atoms with Crippen molar-refractivity contribution in [2.24, 2.45) is 0 Å². The molecule has 1 atom stereocenters. The number of nitrogens with zero attached hydrogens (tertiary/aromatic N) is 2. The first kappa shape index (κ1) is 45.6. The average molecular weight is 1080 g/mol. The normalized spacial score (nSPS) is 13.7. The molecule has 0 amide bonds. The van der Waals surface area contributed by atoms with E-state index in [4.69, 9.17) is 17.7 Å². The van der Waals surface area contributed by atoms with E-state index in [0.29, 0.717) is 0 Å². The summed E-state index contributed by atoms with van der Waals surface area (Å²) in [5.41, 5.74) is 23.5. The molecule has 6 nitrogen and oxygen atoms in total. The predicted molar refractivity (Wildman–Crippen MR) is 345 cm³/mol. The summed E-state index contributed by atoms with van der Waals surface area (Å²) >= 11 is 0. The standard InChI is InChI=1S/C78H46N2O4/c1-5-16-71-55(12-1)63-40-49(24-32-75(63)81-71)45-20-28-67-59(36-45)60-37-46(50-25-33-76-64(41-50)56-13-2-6-17-72(56)82-76)21-29-68(60)79(67)53-10-9-11-54(44-53)80-69-30-22-47(51-26-34-77-65(42-51)57-14-3-7-18-73(57)83-77)38-61(69)62-39-48(23-31-70(62)80)52-27-35-78-66(43-52)58-15-4-8-19-74(58)84-78/h1-38,40-44,48H,39H2. The second-order valence-corrected chi connectivity index (χ2v) is 22.7. The maximum Gasteiger partial charge on any atom is 0.135 e. The molecule has 1 unspecified atom stereocenters. The minimum Gasteiger partial charge on any atom is -0.456 e. The molecule has 1 aliphatic carbocycles. The molecule has 18 aromatic rings. The van der Waals surface area contributed by atoms with Gasteiger partial charge in [-0.2, -0.15) is 0 Å². The Morgan fingerprint density at radius 2 is 0.631 bits per heavy atom. The van der Waals surface area contributed by atoms with Crippen LogP contribution in [0.15, 0.2) is 272 Å². The SMILES string of the molecule is C1=CC(c2ccc3oc4ccccc4c3c2)Cc2c1n(-c1cccc(-n3c4ccc(-c5ccc6oc7ccccc7c6c5)cc4c4cc(-c5ccc6oc7ccccc7c6c5)ccc43)c1)c1ccc(-c3ccc4oc5ccccc5c4c3)cc21. The van der Waals surface area contributed by atoms with Crippen molar-refractivity contribution < 1.29 is 17.7 Å². The Balaban J connectivity index is 0.786. The van der Waals surface area contributed by atoms with Gasteiger partial charge in [-0.3, -0.25) is 0 Å². The number of hydrogen-bond donors (Lipinski definition) is 0. The van der Waals surface area contributed by atoms with Crippen LogP contribution in [0.2, 0.25) is 0 Å². The number of para-hydroxylation sites is 4. The summed E-state index contributed by atoms with van der Waals surface area (Å²) in [5, 5.41) is 12.6. The van der Waals surface area contributed by atoms with E-state index in [1.54, 1.807) is 0 Å². The lowest BCUT2D eigenvalue weighted by molar-refractivity contribution is 0.668. The Kier molecular flexibility index (Phi) is 9.36. The predicted octanol–water partition coefficient (Wildman–Crippen LogP) is 21.7. The number of aromatic nitrogens is 2. The van der Waals surface area contributed by atoms with Crippen molar-refractivity contribution in [3.05, 3.63) is 272 Å². The molecular weight excluding hydrogens is 1030 g/mol. The van der Waals surface area contributed by atoms with Crippen molar-refractivity contribution in [1.82, 2.24) is 9.13 Å². The lowest BCUT2D eigenvalue weighted by Gasteiger charge is -2.20. The Hall–Kier alpha value is -11.1. The van der Waals surface area contributed by atoms with Gasteiger partial charge in [0.25, 0.3) is 0 Å². The number of fused-ring (bicyclic) bond motifs is 18. The molecular formula is C78H46N2O4. The molecule has 84 heavy (non-hydrogen) atoms. The maximum absolute atomic E-state index is 6.30. The van der Waals surface area contributed by atoms with Crippen molar-refractivity contribution in [1.29, 1.82) is 0 Å². The first-order valence-electron chi connectivity index (χ1n) is 28.8. The van der Waals surface area contributed by atoms with Crippen LogP contribution in [-0.4, -0.2) is 9.13 Å². The van der Waals surface area contributed by atoms with E-state index in [-0.39, 0.29) is 5.92 Å². The van der Waals surface area contributed by atoms with Crippen molar-refractivity contribution in [3.63, 3.8) is 0 Å². The van der Waals surface area contributed by atoms with Crippen molar-refractivity contribution in [2.45, 2.75) is 12.3 Å². The summed E-state index contributed by atoms with van der Waals surface area (Å²) in [4.78, 5) is 0. The van der Waals surface area contributed by atoms with E-state index >= 15 is 0 Å². The zero-order chi connectivity index (χ0) is 54.7. The lowest BCUT2D eigenvalue weighted by atomic mass is 9.86. The molecule has 1 aliphatic rings. The van der Waals surface area contributed by atoms with Gasteiger partial charge in [0.15, 0.2) is 0 Å². The minimum absolute atomic E-state index is 0.160. The summed E-state index contributed by atoms with van der Waals surface area (Å²) in [7, 11) is 0. The van der Waals surface area contributed by atoms with E-state index in [2.05, 4.69) is 228 Å². The van der Waals surface area contributed by atoms with Gasteiger partial charge in [-0.15, -0.1) is 0 Å². The third kappa shape index (κ3) is 6.73. The van der Waals surface area contributed by atoms with Gasteiger partial charge in [0.1, 0.15) is 44.7 Å². The third-order valence-electron chi connectivity index (χ3n) is 18.1. The van der Waals surface area contributed by atoms with Gasteiger partial charge in [-0.1, -0.05) is 127 Å². The fourth-order valence-electron chi connectivity index (χ4n) is 14.1. The number of rotatable bonds is 6. The Bertz CT molecular complexity index is 5700. The van der Waals surface area contributed by atoms with Crippen molar-refractivity contribution in [3.8, 4) is 44.8 Å². The van der Waals surface area contributed by atoms with Crippen LogP contribution in [0.1, 0.15) is 22.7 Å². The second kappa shape index (κ2) is 17.2. The van der Waals surface area contributed by atoms with Gasteiger partial charge < -0.3 is 26.8 Å². The molecule has 0 spiro atoms. The topological polar surface area (TPSA) is 62.4 Å². The molecule has 6 heterocycles. The first-order chi connectivity index (χ1) is 41.6. The van der Waals surface area contributed by atoms with Crippen molar-refractivity contribution in [2.75, 3.05) is 0 Å². The average Bonchev–Trinajstić information content (AvgIpc) is 2.88.